The maximum absolute atomic E-state index is 4.08. The van der Waals surface area contributed by atoms with E-state index in [1.807, 2.05) is 12.4 Å². The molecule has 0 N–H and O–H groups in total. The molecule has 1 aromatic rings. The predicted octanol–water partition coefficient (Wildman–Crippen LogP) is 3.08. The Kier molecular flexibility index (Phi) is 3.06. The van der Waals surface area contributed by atoms with Crippen LogP contribution in [0.2, 0.25) is 0 Å². The van der Waals surface area contributed by atoms with Gasteiger partial charge in [-0.2, -0.15) is 0 Å². The van der Waals surface area contributed by atoms with Crippen LogP contribution in [0.25, 0.3) is 0 Å². The van der Waals surface area contributed by atoms with E-state index < -0.39 is 0 Å². The van der Waals surface area contributed by atoms with Crippen LogP contribution in [0.15, 0.2) is 22.9 Å². The molecule has 1 atom stereocenters. The summed E-state index contributed by atoms with van der Waals surface area (Å²) < 4.78 is 1.11. The molecule has 14 heavy (non-hydrogen) atoms. The zero-order chi connectivity index (χ0) is 9.97. The Morgan fingerprint density at radius 3 is 3.14 bits per heavy atom. The van der Waals surface area contributed by atoms with Gasteiger partial charge in [-0.3, -0.25) is 4.98 Å². The number of anilines is 1. The number of hydrogen-bond acceptors (Lipinski definition) is 2. The summed E-state index contributed by atoms with van der Waals surface area (Å²) >= 11 is 3.54. The van der Waals surface area contributed by atoms with Crippen molar-refractivity contribution in [2.75, 3.05) is 18.0 Å². The van der Waals surface area contributed by atoms with Gasteiger partial charge in [0.25, 0.3) is 0 Å². The van der Waals surface area contributed by atoms with Crippen molar-refractivity contribution < 1.29 is 0 Å². The van der Waals surface area contributed by atoms with E-state index in [4.69, 9.17) is 0 Å². The van der Waals surface area contributed by atoms with E-state index in [1.165, 1.54) is 31.6 Å². The van der Waals surface area contributed by atoms with Crippen molar-refractivity contribution in [2.45, 2.75) is 19.8 Å². The molecule has 0 amide bonds. The lowest BCUT2D eigenvalue weighted by Crippen LogP contribution is -2.19. The second-order valence-electron chi connectivity index (χ2n) is 3.84. The smallest absolute Gasteiger partial charge is 0.0592 e. The molecule has 0 aliphatic carbocycles. The summed E-state index contributed by atoms with van der Waals surface area (Å²) in [6, 6.07) is 2.09. The first-order valence-corrected chi connectivity index (χ1v) is 5.95. The highest BCUT2D eigenvalue weighted by molar-refractivity contribution is 9.10. The molecule has 0 bridgehead atoms. The van der Waals surface area contributed by atoms with Gasteiger partial charge in [0.1, 0.15) is 0 Å². The van der Waals surface area contributed by atoms with Crippen molar-refractivity contribution in [1.29, 1.82) is 0 Å². The Morgan fingerprint density at radius 2 is 2.50 bits per heavy atom. The molecule has 1 saturated heterocycles. The molecule has 0 spiro atoms. The van der Waals surface area contributed by atoms with Crippen LogP contribution in [0, 0.1) is 5.92 Å². The minimum Gasteiger partial charge on any atom is -0.370 e. The van der Waals surface area contributed by atoms with Gasteiger partial charge in [-0.25, -0.2) is 0 Å². The first kappa shape index (κ1) is 9.97. The fourth-order valence-corrected chi connectivity index (χ4v) is 2.51. The van der Waals surface area contributed by atoms with Crippen molar-refractivity contribution >= 4 is 21.6 Å². The Morgan fingerprint density at radius 1 is 1.64 bits per heavy atom. The van der Waals surface area contributed by atoms with Crippen LogP contribution in [0.4, 0.5) is 5.69 Å². The Labute approximate surface area is 93.5 Å². The zero-order valence-electron chi connectivity index (χ0n) is 8.41. The molecule has 1 aromatic heterocycles. The Balaban J connectivity index is 2.13. The third-order valence-corrected chi connectivity index (χ3v) is 3.57. The molecule has 2 heterocycles. The van der Waals surface area contributed by atoms with Crippen LogP contribution in [0.5, 0.6) is 0 Å². The molecule has 0 radical (unpaired) electrons. The second-order valence-corrected chi connectivity index (χ2v) is 4.69. The molecule has 2 rings (SSSR count). The summed E-state index contributed by atoms with van der Waals surface area (Å²) in [4.78, 5) is 6.53. The van der Waals surface area contributed by atoms with Gasteiger partial charge in [-0.05, 0) is 34.3 Å². The maximum Gasteiger partial charge on any atom is 0.0592 e. The van der Waals surface area contributed by atoms with Crippen molar-refractivity contribution in [3.05, 3.63) is 22.9 Å². The zero-order valence-corrected chi connectivity index (χ0v) is 10.00. The lowest BCUT2D eigenvalue weighted by Gasteiger charge is -2.19. The summed E-state index contributed by atoms with van der Waals surface area (Å²) in [6.45, 7) is 4.65. The molecule has 1 aliphatic rings. The van der Waals surface area contributed by atoms with Gasteiger partial charge in [0.2, 0.25) is 0 Å². The van der Waals surface area contributed by atoms with Crippen LogP contribution in [0.1, 0.15) is 19.8 Å². The van der Waals surface area contributed by atoms with Crippen LogP contribution in [-0.4, -0.2) is 18.1 Å². The first-order chi connectivity index (χ1) is 6.81. The van der Waals surface area contributed by atoms with E-state index in [0.717, 1.165) is 10.4 Å². The predicted molar refractivity (Wildman–Crippen MR) is 62.5 cm³/mol. The fraction of sp³-hybridized carbons (Fsp3) is 0.545. The van der Waals surface area contributed by atoms with E-state index in [-0.39, 0.29) is 0 Å². The minimum atomic E-state index is 0.870. The molecule has 1 aliphatic heterocycles. The number of aromatic nitrogens is 1. The van der Waals surface area contributed by atoms with Crippen molar-refractivity contribution in [2.24, 2.45) is 5.92 Å². The normalized spacial score (nSPS) is 21.6. The average Bonchev–Trinajstić information content (AvgIpc) is 2.67. The monoisotopic (exact) mass is 254 g/mol. The van der Waals surface area contributed by atoms with Crippen LogP contribution >= 0.6 is 15.9 Å². The topological polar surface area (TPSA) is 16.1 Å². The van der Waals surface area contributed by atoms with Crippen LogP contribution in [0.3, 0.4) is 0 Å². The average molecular weight is 255 g/mol. The van der Waals surface area contributed by atoms with Crippen molar-refractivity contribution in [3.8, 4) is 0 Å². The van der Waals surface area contributed by atoms with Gasteiger partial charge in [0, 0.05) is 25.5 Å². The van der Waals surface area contributed by atoms with Gasteiger partial charge >= 0.3 is 0 Å². The summed E-state index contributed by atoms with van der Waals surface area (Å²) in [5, 5.41) is 0. The highest BCUT2D eigenvalue weighted by Crippen LogP contribution is 2.30. The number of pyridine rings is 1. The molecular formula is C11H15BrN2. The molecule has 76 valence electrons. The molecule has 1 unspecified atom stereocenters. The summed E-state index contributed by atoms with van der Waals surface area (Å²) in [6.07, 6.45) is 6.35. The van der Waals surface area contributed by atoms with E-state index in [0.29, 0.717) is 0 Å². The van der Waals surface area contributed by atoms with Crippen LogP contribution < -0.4 is 4.90 Å². The lowest BCUT2D eigenvalue weighted by molar-refractivity contribution is 0.569. The van der Waals surface area contributed by atoms with Crippen LogP contribution in [-0.2, 0) is 0 Å². The second kappa shape index (κ2) is 4.30. The van der Waals surface area contributed by atoms with Gasteiger partial charge in [0.05, 0.1) is 10.2 Å². The quantitative estimate of drug-likeness (QED) is 0.807. The van der Waals surface area contributed by atoms with E-state index >= 15 is 0 Å². The van der Waals surface area contributed by atoms with Crippen molar-refractivity contribution in [1.82, 2.24) is 4.98 Å². The minimum absolute atomic E-state index is 0.870. The van der Waals surface area contributed by atoms with Gasteiger partial charge < -0.3 is 4.90 Å². The summed E-state index contributed by atoms with van der Waals surface area (Å²) in [5.41, 5.74) is 1.29. The Bertz CT molecular complexity index is 314. The molecule has 0 aromatic carbocycles. The van der Waals surface area contributed by atoms with Gasteiger partial charge in [0.15, 0.2) is 0 Å². The standard InChI is InChI=1S/C11H15BrN2/c1-2-9-4-6-14(8-9)11-3-5-13-7-10(11)12/h3,5,7,9H,2,4,6,8H2,1H3. The van der Waals surface area contributed by atoms with Gasteiger partial charge in [-0.15, -0.1) is 0 Å². The van der Waals surface area contributed by atoms with Crippen molar-refractivity contribution in [3.63, 3.8) is 0 Å². The number of hydrogen-bond donors (Lipinski definition) is 0. The molecular weight excluding hydrogens is 240 g/mol. The third-order valence-electron chi connectivity index (χ3n) is 2.95. The van der Waals surface area contributed by atoms with E-state index in [9.17, 15) is 0 Å². The summed E-state index contributed by atoms with van der Waals surface area (Å²) in [7, 11) is 0. The SMILES string of the molecule is CCC1CCN(c2ccncc2Br)C1. The van der Waals surface area contributed by atoms with E-state index in [2.05, 4.69) is 38.8 Å². The number of halogens is 1. The van der Waals surface area contributed by atoms with Gasteiger partial charge in [-0.1, -0.05) is 13.3 Å². The molecule has 1 fully saturated rings. The summed E-state index contributed by atoms with van der Waals surface area (Å²) in [5.74, 6) is 0.870. The highest BCUT2D eigenvalue weighted by Gasteiger charge is 2.22. The third kappa shape index (κ3) is 1.92. The maximum atomic E-state index is 4.08. The largest absolute Gasteiger partial charge is 0.370 e. The Hall–Kier alpha value is -0.570. The fourth-order valence-electron chi connectivity index (χ4n) is 2.01. The highest BCUT2D eigenvalue weighted by atomic mass is 79.9. The number of nitrogens with zero attached hydrogens (tertiary/aromatic N) is 2. The first-order valence-electron chi connectivity index (χ1n) is 5.15. The molecule has 2 nitrogen and oxygen atoms in total. The molecule has 3 heteroatoms. The number of rotatable bonds is 2. The van der Waals surface area contributed by atoms with E-state index in [1.54, 1.807) is 0 Å². The molecule has 0 saturated carbocycles. The lowest BCUT2D eigenvalue weighted by atomic mass is 10.1.